The zero-order valence-electron chi connectivity index (χ0n) is 16.3. The monoisotopic (exact) mass is 399 g/mol. The molecule has 1 aromatic carbocycles. The van der Waals surface area contributed by atoms with E-state index < -0.39 is 11.0 Å². The number of halogens is 1. The summed E-state index contributed by atoms with van der Waals surface area (Å²) in [5, 5.41) is 5.42. The Morgan fingerprint density at radius 1 is 1.22 bits per heavy atom. The van der Waals surface area contributed by atoms with Crippen LogP contribution in [0.2, 0.25) is 0 Å². The largest absolute Gasteiger partial charge is 0.497 e. The van der Waals surface area contributed by atoms with Crippen LogP contribution in [-0.4, -0.2) is 43.7 Å². The number of carbonyl (C=O) groups excluding carboxylic acids is 2. The summed E-state index contributed by atoms with van der Waals surface area (Å²) in [5.74, 6) is 0.170. The highest BCUT2D eigenvalue weighted by atomic mass is 35.5. The smallest absolute Gasteiger partial charge is 0.241 e. The van der Waals surface area contributed by atoms with E-state index in [9.17, 15) is 9.59 Å². The molecule has 4 N–H and O–H groups in total. The van der Waals surface area contributed by atoms with E-state index in [1.165, 1.54) is 0 Å². The molecule has 0 bridgehead atoms. The molecular formula is C19H30ClN3O4. The first-order valence-corrected chi connectivity index (χ1v) is 8.83. The van der Waals surface area contributed by atoms with Gasteiger partial charge in [0.2, 0.25) is 11.8 Å². The number of rotatable bonds is 8. The van der Waals surface area contributed by atoms with Crippen molar-refractivity contribution in [1.29, 1.82) is 0 Å². The van der Waals surface area contributed by atoms with Gasteiger partial charge in [-0.05, 0) is 24.6 Å². The number of nitrogens with one attached hydrogen (secondary N) is 2. The Morgan fingerprint density at radius 2 is 1.85 bits per heavy atom. The minimum atomic E-state index is -1.02. The highest BCUT2D eigenvalue weighted by molar-refractivity contribution is 5.92. The molecule has 1 saturated carbocycles. The third-order valence-electron chi connectivity index (χ3n) is 5.29. The van der Waals surface area contributed by atoms with Gasteiger partial charge in [-0.25, -0.2) is 0 Å². The van der Waals surface area contributed by atoms with Gasteiger partial charge in [0.1, 0.15) is 11.3 Å². The molecule has 0 spiro atoms. The Hall–Kier alpha value is -1.83. The number of benzene rings is 1. The predicted molar refractivity (Wildman–Crippen MR) is 106 cm³/mol. The van der Waals surface area contributed by atoms with Crippen LogP contribution in [0.1, 0.15) is 32.8 Å². The fourth-order valence-corrected chi connectivity index (χ4v) is 3.15. The van der Waals surface area contributed by atoms with Gasteiger partial charge in [0, 0.05) is 25.0 Å². The van der Waals surface area contributed by atoms with Crippen molar-refractivity contribution in [3.8, 4) is 5.75 Å². The first-order chi connectivity index (χ1) is 12.2. The van der Waals surface area contributed by atoms with Crippen molar-refractivity contribution in [3.63, 3.8) is 0 Å². The Balaban J connectivity index is 0.00000364. The molecule has 2 unspecified atom stereocenters. The molecule has 2 atom stereocenters. The molecule has 2 amide bonds. The average Bonchev–Trinajstić information content (AvgIpc) is 2.64. The van der Waals surface area contributed by atoms with Crippen molar-refractivity contribution in [3.05, 3.63) is 29.8 Å². The third-order valence-corrected chi connectivity index (χ3v) is 5.29. The highest BCUT2D eigenvalue weighted by Crippen LogP contribution is 2.49. The van der Waals surface area contributed by atoms with Crippen LogP contribution < -0.4 is 21.1 Å². The van der Waals surface area contributed by atoms with Crippen LogP contribution in [0.15, 0.2) is 24.3 Å². The van der Waals surface area contributed by atoms with Gasteiger partial charge < -0.3 is 25.8 Å². The molecule has 1 aliphatic carbocycles. The number of nitrogens with two attached hydrogens (primary N) is 1. The van der Waals surface area contributed by atoms with Gasteiger partial charge >= 0.3 is 0 Å². The normalized spacial score (nSPS) is 22.8. The Kier molecular flexibility index (Phi) is 8.07. The van der Waals surface area contributed by atoms with Gasteiger partial charge in [0.25, 0.3) is 0 Å². The van der Waals surface area contributed by atoms with Gasteiger partial charge in [-0.15, -0.1) is 12.4 Å². The fraction of sp³-hybridized carbons (Fsp3) is 0.579. The summed E-state index contributed by atoms with van der Waals surface area (Å²) < 4.78 is 10.7. The van der Waals surface area contributed by atoms with Crippen LogP contribution >= 0.6 is 12.4 Å². The molecule has 1 aliphatic rings. The molecule has 0 aromatic heterocycles. The van der Waals surface area contributed by atoms with Crippen LogP contribution in [0.25, 0.3) is 0 Å². The van der Waals surface area contributed by atoms with Gasteiger partial charge in [-0.1, -0.05) is 26.0 Å². The van der Waals surface area contributed by atoms with Crippen molar-refractivity contribution >= 4 is 24.2 Å². The second kappa shape index (κ2) is 9.39. The minimum absolute atomic E-state index is 0. The number of hydrogen-bond donors (Lipinski definition) is 3. The maximum atomic E-state index is 12.5. The van der Waals surface area contributed by atoms with Crippen LogP contribution in [0.5, 0.6) is 5.75 Å². The Bertz CT molecular complexity index is 651. The van der Waals surface area contributed by atoms with E-state index in [1.807, 2.05) is 45.0 Å². The summed E-state index contributed by atoms with van der Waals surface area (Å²) in [5.41, 5.74) is 5.73. The molecule has 1 aromatic rings. The Morgan fingerprint density at radius 3 is 2.37 bits per heavy atom. The van der Waals surface area contributed by atoms with Crippen molar-refractivity contribution in [2.45, 2.75) is 45.4 Å². The molecule has 0 heterocycles. The lowest BCUT2D eigenvalue weighted by atomic mass is 9.54. The molecule has 0 saturated heterocycles. The lowest BCUT2D eigenvalue weighted by Crippen LogP contribution is -2.76. The number of hydrogen-bond acceptors (Lipinski definition) is 5. The lowest BCUT2D eigenvalue weighted by Gasteiger charge is -2.57. The van der Waals surface area contributed by atoms with Crippen LogP contribution in [0, 0.1) is 5.41 Å². The Labute approximate surface area is 166 Å². The number of amides is 2. The van der Waals surface area contributed by atoms with Crippen LogP contribution in [0.4, 0.5) is 0 Å². The first kappa shape index (κ1) is 23.2. The second-order valence-corrected chi connectivity index (χ2v) is 7.15. The summed E-state index contributed by atoms with van der Waals surface area (Å²) in [4.78, 5) is 24.5. The van der Waals surface area contributed by atoms with E-state index in [0.29, 0.717) is 19.6 Å². The summed E-state index contributed by atoms with van der Waals surface area (Å²) >= 11 is 0. The standard InChI is InChI=1S/C19H29N3O4.ClH/c1-5-26-15-10-19(20,18(15,2)3)17(24)22-12-16(23)21-11-13-6-8-14(25-4)9-7-13;/h6-9,15H,5,10-12,20H2,1-4H3,(H,21,23)(H,22,24);1H. The van der Waals surface area contributed by atoms with E-state index in [1.54, 1.807) is 7.11 Å². The van der Waals surface area contributed by atoms with Crippen molar-refractivity contribution in [1.82, 2.24) is 10.6 Å². The van der Waals surface area contributed by atoms with Gasteiger partial charge in [-0.3, -0.25) is 9.59 Å². The lowest BCUT2D eigenvalue weighted by molar-refractivity contribution is -0.170. The summed E-state index contributed by atoms with van der Waals surface area (Å²) in [6.07, 6.45) is 0.403. The maximum Gasteiger partial charge on any atom is 0.241 e. The van der Waals surface area contributed by atoms with E-state index in [-0.39, 0.29) is 36.9 Å². The predicted octanol–water partition coefficient (Wildman–Crippen LogP) is 1.38. The number of methoxy groups -OCH3 is 1. The highest BCUT2D eigenvalue weighted by Gasteiger charge is 2.62. The van der Waals surface area contributed by atoms with E-state index in [2.05, 4.69) is 10.6 Å². The molecular weight excluding hydrogens is 370 g/mol. The van der Waals surface area contributed by atoms with Crippen LogP contribution in [0.3, 0.4) is 0 Å². The zero-order valence-corrected chi connectivity index (χ0v) is 17.2. The molecule has 0 aliphatic heterocycles. The summed E-state index contributed by atoms with van der Waals surface area (Å²) in [6.45, 7) is 6.60. The molecule has 152 valence electrons. The van der Waals surface area contributed by atoms with Gasteiger partial charge in [0.15, 0.2) is 0 Å². The maximum absolute atomic E-state index is 12.5. The SMILES string of the molecule is CCOC1CC(N)(C(=O)NCC(=O)NCc2ccc(OC)cc2)C1(C)C.Cl. The van der Waals surface area contributed by atoms with E-state index >= 15 is 0 Å². The third kappa shape index (κ3) is 4.91. The van der Waals surface area contributed by atoms with Crippen molar-refractivity contribution < 1.29 is 19.1 Å². The average molecular weight is 400 g/mol. The minimum Gasteiger partial charge on any atom is -0.497 e. The summed E-state index contributed by atoms with van der Waals surface area (Å²) in [7, 11) is 1.60. The van der Waals surface area contributed by atoms with Crippen molar-refractivity contribution in [2.75, 3.05) is 20.3 Å². The van der Waals surface area contributed by atoms with E-state index in [0.717, 1.165) is 11.3 Å². The van der Waals surface area contributed by atoms with Crippen LogP contribution in [-0.2, 0) is 20.9 Å². The number of ether oxygens (including phenoxy) is 2. The van der Waals surface area contributed by atoms with E-state index in [4.69, 9.17) is 15.2 Å². The summed E-state index contributed by atoms with van der Waals surface area (Å²) in [6, 6.07) is 7.40. The number of carbonyl (C=O) groups is 2. The first-order valence-electron chi connectivity index (χ1n) is 8.83. The molecule has 0 radical (unpaired) electrons. The van der Waals surface area contributed by atoms with Crippen molar-refractivity contribution in [2.24, 2.45) is 11.1 Å². The van der Waals surface area contributed by atoms with Gasteiger partial charge in [0.05, 0.1) is 19.8 Å². The topological polar surface area (TPSA) is 103 Å². The molecule has 7 nitrogen and oxygen atoms in total. The molecule has 1 fully saturated rings. The van der Waals surface area contributed by atoms with Gasteiger partial charge in [-0.2, -0.15) is 0 Å². The molecule has 27 heavy (non-hydrogen) atoms. The molecule has 8 heteroatoms. The molecule has 2 rings (SSSR count). The fourth-order valence-electron chi connectivity index (χ4n) is 3.15. The quantitative estimate of drug-likeness (QED) is 0.612. The zero-order chi connectivity index (χ0) is 19.4. The second-order valence-electron chi connectivity index (χ2n) is 7.15.